The van der Waals surface area contributed by atoms with Crippen molar-refractivity contribution in [2.24, 2.45) is 0 Å². The number of aromatic carboxylic acids is 1. The van der Waals surface area contributed by atoms with Crippen LogP contribution in [0.15, 0.2) is 36.7 Å². The fraction of sp³-hybridized carbons (Fsp3) is 0.368. The van der Waals surface area contributed by atoms with Crippen LogP contribution >= 0.6 is 0 Å². The highest BCUT2D eigenvalue weighted by Crippen LogP contribution is 2.39. The van der Waals surface area contributed by atoms with Crippen LogP contribution in [0, 0.1) is 0 Å². The van der Waals surface area contributed by atoms with Crippen LogP contribution in [0.5, 0.6) is 11.5 Å². The molecule has 3 heterocycles. The standard InChI is InChI=1S/C19H20N2O6S/c22-19(23)15-4-3-5-16-18(15)26-12-17(27-16)14-8-13(9-20-10-14)11-21-6-1-2-7-28(21,24)25/h3-5,8-10,17H,1-2,6-7,11-12H2,(H,22,23). The van der Waals surface area contributed by atoms with Crippen LogP contribution in [0.3, 0.4) is 0 Å². The summed E-state index contributed by atoms with van der Waals surface area (Å²) >= 11 is 0. The quantitative estimate of drug-likeness (QED) is 0.833. The van der Waals surface area contributed by atoms with Crippen LogP contribution in [0.2, 0.25) is 0 Å². The zero-order valence-electron chi connectivity index (χ0n) is 15.1. The van der Waals surface area contributed by atoms with Gasteiger partial charge in [-0.2, -0.15) is 4.31 Å². The summed E-state index contributed by atoms with van der Waals surface area (Å²) in [6, 6.07) is 6.58. The van der Waals surface area contributed by atoms with Gasteiger partial charge in [0.15, 0.2) is 17.6 Å². The number of rotatable bonds is 4. The summed E-state index contributed by atoms with van der Waals surface area (Å²) in [6.45, 7) is 0.932. The second-order valence-electron chi connectivity index (χ2n) is 6.84. The Kier molecular flexibility index (Phi) is 4.94. The van der Waals surface area contributed by atoms with Gasteiger partial charge in [-0.3, -0.25) is 4.98 Å². The topological polar surface area (TPSA) is 106 Å². The zero-order chi connectivity index (χ0) is 19.7. The number of para-hydroxylation sites is 1. The Morgan fingerprint density at radius 1 is 1.29 bits per heavy atom. The van der Waals surface area contributed by atoms with Gasteiger partial charge in [0.2, 0.25) is 10.0 Å². The third-order valence-corrected chi connectivity index (χ3v) is 6.76. The van der Waals surface area contributed by atoms with Crippen molar-refractivity contribution in [2.45, 2.75) is 25.5 Å². The van der Waals surface area contributed by atoms with Crippen molar-refractivity contribution in [3.8, 4) is 11.5 Å². The monoisotopic (exact) mass is 404 g/mol. The molecule has 2 aromatic rings. The van der Waals surface area contributed by atoms with Gasteiger partial charge in [-0.05, 0) is 36.6 Å². The number of nitrogens with zero attached hydrogens (tertiary/aromatic N) is 2. The molecule has 0 aliphatic carbocycles. The lowest BCUT2D eigenvalue weighted by atomic mass is 10.1. The van der Waals surface area contributed by atoms with E-state index in [1.54, 1.807) is 24.5 Å². The van der Waals surface area contributed by atoms with Crippen molar-refractivity contribution >= 4 is 16.0 Å². The molecule has 0 amide bonds. The van der Waals surface area contributed by atoms with Crippen LogP contribution in [-0.4, -0.2) is 47.7 Å². The summed E-state index contributed by atoms with van der Waals surface area (Å²) in [5.41, 5.74) is 1.58. The molecule has 2 aliphatic rings. The van der Waals surface area contributed by atoms with Gasteiger partial charge in [0, 0.05) is 31.0 Å². The molecule has 0 radical (unpaired) electrons. The number of fused-ring (bicyclic) bond motifs is 1. The van der Waals surface area contributed by atoms with Gasteiger partial charge in [0.25, 0.3) is 0 Å². The van der Waals surface area contributed by atoms with Crippen molar-refractivity contribution in [2.75, 3.05) is 18.9 Å². The summed E-state index contributed by atoms with van der Waals surface area (Å²) in [5.74, 6) is -0.317. The minimum Gasteiger partial charge on any atom is -0.485 e. The van der Waals surface area contributed by atoms with Gasteiger partial charge >= 0.3 is 5.97 Å². The Balaban J connectivity index is 1.54. The molecule has 0 saturated carbocycles. The number of pyridine rings is 1. The number of carbonyl (C=O) groups is 1. The Bertz CT molecular complexity index is 1010. The van der Waals surface area contributed by atoms with E-state index in [-0.39, 0.29) is 30.2 Å². The zero-order valence-corrected chi connectivity index (χ0v) is 15.9. The first-order valence-corrected chi connectivity index (χ1v) is 10.6. The Morgan fingerprint density at radius 2 is 2.14 bits per heavy atom. The molecular formula is C19H20N2O6S. The van der Waals surface area contributed by atoms with Crippen molar-refractivity contribution in [1.82, 2.24) is 9.29 Å². The maximum Gasteiger partial charge on any atom is 0.339 e. The van der Waals surface area contributed by atoms with Gasteiger partial charge in [0.1, 0.15) is 12.2 Å². The minimum absolute atomic E-state index is 0.0538. The van der Waals surface area contributed by atoms with E-state index in [0.717, 1.165) is 17.5 Å². The number of ether oxygens (including phenoxy) is 2. The third-order valence-electron chi connectivity index (χ3n) is 4.86. The average Bonchev–Trinajstić information content (AvgIpc) is 2.69. The molecule has 1 fully saturated rings. The highest BCUT2D eigenvalue weighted by molar-refractivity contribution is 7.89. The maximum absolute atomic E-state index is 12.2. The number of carboxylic acid groups (broad SMARTS) is 1. The predicted octanol–water partition coefficient (Wildman–Crippen LogP) is 2.22. The first kappa shape index (κ1) is 18.7. The van der Waals surface area contributed by atoms with Crippen LogP contribution in [0.4, 0.5) is 0 Å². The van der Waals surface area contributed by atoms with Crippen LogP contribution in [0.25, 0.3) is 0 Å². The van der Waals surface area contributed by atoms with E-state index in [1.807, 2.05) is 6.07 Å². The lowest BCUT2D eigenvalue weighted by Gasteiger charge is -2.28. The molecule has 0 bridgehead atoms. The Labute approximate surface area is 162 Å². The molecule has 28 heavy (non-hydrogen) atoms. The average molecular weight is 404 g/mol. The number of aromatic nitrogens is 1. The minimum atomic E-state index is -3.22. The molecule has 1 atom stereocenters. The van der Waals surface area contributed by atoms with E-state index >= 15 is 0 Å². The highest BCUT2D eigenvalue weighted by Gasteiger charge is 2.28. The molecule has 148 valence electrons. The smallest absolute Gasteiger partial charge is 0.339 e. The third kappa shape index (κ3) is 3.67. The highest BCUT2D eigenvalue weighted by atomic mass is 32.2. The number of hydrogen-bond donors (Lipinski definition) is 1. The van der Waals surface area contributed by atoms with Crippen molar-refractivity contribution < 1.29 is 27.8 Å². The SMILES string of the molecule is O=C(O)c1cccc2c1OCC(c1cncc(CN3CCCCS3(=O)=O)c1)O2. The van der Waals surface area contributed by atoms with Gasteiger partial charge in [0.05, 0.1) is 5.75 Å². The molecule has 1 saturated heterocycles. The van der Waals surface area contributed by atoms with Gasteiger partial charge in [-0.15, -0.1) is 0 Å². The molecule has 1 aromatic carbocycles. The van der Waals surface area contributed by atoms with E-state index in [9.17, 15) is 18.3 Å². The molecule has 1 N–H and O–H groups in total. The van der Waals surface area contributed by atoms with Crippen molar-refractivity contribution in [1.29, 1.82) is 0 Å². The fourth-order valence-corrected chi connectivity index (χ4v) is 5.01. The van der Waals surface area contributed by atoms with Crippen LogP contribution < -0.4 is 9.47 Å². The van der Waals surface area contributed by atoms with Gasteiger partial charge in [-0.25, -0.2) is 13.2 Å². The summed E-state index contributed by atoms with van der Waals surface area (Å²) in [5, 5.41) is 9.26. The van der Waals surface area contributed by atoms with Crippen LogP contribution in [-0.2, 0) is 16.6 Å². The largest absolute Gasteiger partial charge is 0.485 e. The van der Waals surface area contributed by atoms with Gasteiger partial charge < -0.3 is 14.6 Å². The molecule has 4 rings (SSSR count). The van der Waals surface area contributed by atoms with E-state index in [0.29, 0.717) is 18.7 Å². The first-order valence-electron chi connectivity index (χ1n) is 9.01. The van der Waals surface area contributed by atoms with E-state index in [4.69, 9.17) is 9.47 Å². The number of sulfonamides is 1. The normalized spacial score (nSPS) is 21.2. The number of carboxylic acids is 1. The maximum atomic E-state index is 12.2. The van der Waals surface area contributed by atoms with E-state index < -0.39 is 22.1 Å². The van der Waals surface area contributed by atoms with Gasteiger partial charge in [-0.1, -0.05) is 6.07 Å². The van der Waals surface area contributed by atoms with E-state index in [1.165, 1.54) is 10.4 Å². The molecule has 9 heteroatoms. The summed E-state index contributed by atoms with van der Waals surface area (Å²) in [7, 11) is -3.22. The number of hydrogen-bond acceptors (Lipinski definition) is 6. The molecular weight excluding hydrogens is 384 g/mol. The number of benzene rings is 1. The summed E-state index contributed by atoms with van der Waals surface area (Å²) in [6.07, 6.45) is 4.39. The lowest BCUT2D eigenvalue weighted by Crippen LogP contribution is -2.37. The molecule has 2 aliphatic heterocycles. The summed E-state index contributed by atoms with van der Waals surface area (Å²) in [4.78, 5) is 15.5. The predicted molar refractivity (Wildman–Crippen MR) is 99.9 cm³/mol. The molecule has 8 nitrogen and oxygen atoms in total. The second-order valence-corrected chi connectivity index (χ2v) is 8.93. The Hall–Kier alpha value is -2.65. The Morgan fingerprint density at radius 3 is 2.93 bits per heavy atom. The van der Waals surface area contributed by atoms with Crippen molar-refractivity contribution in [3.63, 3.8) is 0 Å². The van der Waals surface area contributed by atoms with E-state index in [2.05, 4.69) is 4.98 Å². The fourth-order valence-electron chi connectivity index (χ4n) is 3.43. The molecule has 1 unspecified atom stereocenters. The molecule has 0 spiro atoms. The lowest BCUT2D eigenvalue weighted by molar-refractivity contribution is 0.0659. The van der Waals surface area contributed by atoms with Crippen LogP contribution in [0.1, 0.15) is 40.4 Å². The molecule has 1 aromatic heterocycles. The van der Waals surface area contributed by atoms with Crippen molar-refractivity contribution in [3.05, 3.63) is 53.3 Å². The first-order chi connectivity index (χ1) is 13.4. The summed E-state index contributed by atoms with van der Waals surface area (Å²) < 4.78 is 37.5. The second kappa shape index (κ2) is 7.40.